The minimum absolute atomic E-state index is 0.108. The third kappa shape index (κ3) is 8.55. The van der Waals surface area contributed by atoms with Crippen LogP contribution >= 0.6 is 0 Å². The van der Waals surface area contributed by atoms with Crippen LogP contribution in [0.5, 0.6) is 11.5 Å². The number of ether oxygens (including phenoxy) is 4. The second-order valence-corrected chi connectivity index (χ2v) is 10.5. The summed E-state index contributed by atoms with van der Waals surface area (Å²) in [5.74, 6) is 0.107. The highest BCUT2D eigenvalue weighted by Crippen LogP contribution is 2.36. The van der Waals surface area contributed by atoms with Gasteiger partial charge in [0.15, 0.2) is 0 Å². The second kappa shape index (κ2) is 15.5. The molecule has 0 spiro atoms. The summed E-state index contributed by atoms with van der Waals surface area (Å²) in [5, 5.41) is 0. The van der Waals surface area contributed by atoms with Gasteiger partial charge in [-0.05, 0) is 71.0 Å². The monoisotopic (exact) mass is 590 g/mol. The number of esters is 2. The lowest BCUT2D eigenvalue weighted by Gasteiger charge is -2.15. The first kappa shape index (κ1) is 32.0. The summed E-state index contributed by atoms with van der Waals surface area (Å²) in [5.41, 5.74) is 7.97. The molecule has 0 aliphatic carbocycles. The maximum Gasteiger partial charge on any atom is 0.341 e. The van der Waals surface area contributed by atoms with E-state index >= 15 is 0 Å². The van der Waals surface area contributed by atoms with Crippen LogP contribution in [-0.4, -0.2) is 38.9 Å². The third-order valence-electron chi connectivity index (χ3n) is 6.93. The first-order valence-electron chi connectivity index (χ1n) is 14.6. The molecule has 4 aromatic rings. The predicted molar refractivity (Wildman–Crippen MR) is 175 cm³/mol. The number of carbonyl (C=O) groups excluding carboxylic acids is 2. The predicted octanol–water partition coefficient (Wildman–Crippen LogP) is 8.25. The second-order valence-electron chi connectivity index (χ2n) is 10.5. The molecule has 0 fully saturated rings. The van der Waals surface area contributed by atoms with Crippen LogP contribution in [0.1, 0.15) is 25.8 Å². The maximum absolute atomic E-state index is 12.2. The van der Waals surface area contributed by atoms with Crippen molar-refractivity contribution < 1.29 is 28.5 Å². The molecule has 0 saturated heterocycles. The van der Waals surface area contributed by atoms with Gasteiger partial charge in [-0.3, -0.25) is 0 Å². The number of hydrogen-bond acceptors (Lipinski definition) is 6. The van der Waals surface area contributed by atoms with Crippen molar-refractivity contribution in [2.45, 2.75) is 26.7 Å². The highest BCUT2D eigenvalue weighted by molar-refractivity contribution is 5.90. The molecule has 226 valence electrons. The minimum Gasteiger partial charge on any atom is -0.489 e. The summed E-state index contributed by atoms with van der Waals surface area (Å²) in [6, 6.07) is 30.3. The van der Waals surface area contributed by atoms with Gasteiger partial charge >= 0.3 is 11.9 Å². The highest BCUT2D eigenvalue weighted by atomic mass is 16.6. The van der Waals surface area contributed by atoms with Gasteiger partial charge in [-0.2, -0.15) is 0 Å². The molecule has 4 rings (SSSR count). The Bertz CT molecular complexity index is 1600. The fraction of sp³-hybridized carbons (Fsp3) is 0.211. The topological polar surface area (TPSA) is 71.1 Å². The Kier molecular flexibility index (Phi) is 11.3. The normalized spacial score (nSPS) is 10.6. The zero-order chi connectivity index (χ0) is 31.5. The number of carbonyl (C=O) groups is 2. The summed E-state index contributed by atoms with van der Waals surface area (Å²) in [6.45, 7) is 11.5. The Hall–Kier alpha value is -4.94. The van der Waals surface area contributed by atoms with Gasteiger partial charge in [0.05, 0.1) is 12.2 Å². The van der Waals surface area contributed by atoms with Crippen LogP contribution in [-0.2, 0) is 25.5 Å². The first-order valence-corrected chi connectivity index (χ1v) is 14.6. The fourth-order valence-corrected chi connectivity index (χ4v) is 4.59. The van der Waals surface area contributed by atoms with E-state index < -0.39 is 11.9 Å². The van der Waals surface area contributed by atoms with Crippen molar-refractivity contribution in [3.8, 4) is 44.9 Å². The quantitative estimate of drug-likeness (QED) is 0.0637. The lowest BCUT2D eigenvalue weighted by molar-refractivity contribution is -0.139. The van der Waals surface area contributed by atoms with E-state index in [-0.39, 0.29) is 25.4 Å². The van der Waals surface area contributed by atoms with Gasteiger partial charge in [0, 0.05) is 18.2 Å². The van der Waals surface area contributed by atoms with E-state index in [0.717, 1.165) is 46.2 Å². The Labute approximate surface area is 259 Å². The molecule has 6 nitrogen and oxygen atoms in total. The van der Waals surface area contributed by atoms with Crippen molar-refractivity contribution in [1.82, 2.24) is 0 Å². The van der Waals surface area contributed by atoms with Crippen LogP contribution in [0, 0.1) is 0 Å². The smallest absolute Gasteiger partial charge is 0.341 e. The van der Waals surface area contributed by atoms with E-state index in [0.29, 0.717) is 17.1 Å². The van der Waals surface area contributed by atoms with E-state index in [4.69, 9.17) is 18.9 Å². The molecular formula is C38H38O6. The van der Waals surface area contributed by atoms with Gasteiger partial charge in [0.2, 0.25) is 0 Å². The van der Waals surface area contributed by atoms with Gasteiger partial charge in [-0.15, -0.1) is 0 Å². The number of hydrogen-bond donors (Lipinski definition) is 0. The van der Waals surface area contributed by atoms with Gasteiger partial charge in [-0.25, -0.2) is 9.59 Å². The number of benzene rings is 4. The van der Waals surface area contributed by atoms with E-state index in [1.807, 2.05) is 24.3 Å². The molecule has 0 unspecified atom stereocenters. The molecule has 6 heteroatoms. The van der Waals surface area contributed by atoms with Crippen molar-refractivity contribution in [3.05, 3.63) is 121 Å². The van der Waals surface area contributed by atoms with Crippen LogP contribution in [0.25, 0.3) is 33.4 Å². The van der Waals surface area contributed by atoms with E-state index in [1.165, 1.54) is 12.7 Å². The van der Waals surface area contributed by atoms with Gasteiger partial charge in [0.1, 0.15) is 24.7 Å². The largest absolute Gasteiger partial charge is 0.489 e. The van der Waals surface area contributed by atoms with Crippen LogP contribution in [0.3, 0.4) is 0 Å². The standard InChI is InChI=1S/C38H38O6/c1-6-7-28-8-10-29(11-9-28)30-12-14-32(15-13-30)35-24-33(18-21-36(35)42-22-23-43-37(39)26(2)3)31-16-19-34(20-17-31)44-38(40)27(4)25-41-5/h8-21,24H,2,4,6-7,22-23,25H2,1,3,5H3. The lowest BCUT2D eigenvalue weighted by atomic mass is 9.96. The number of methoxy groups -OCH3 is 1. The van der Waals surface area contributed by atoms with Crippen molar-refractivity contribution in [1.29, 1.82) is 0 Å². The number of aryl methyl sites for hydroxylation is 1. The maximum atomic E-state index is 12.2. The molecule has 0 N–H and O–H groups in total. The molecule has 0 aliphatic rings. The zero-order valence-electron chi connectivity index (χ0n) is 25.6. The van der Waals surface area contributed by atoms with Gasteiger partial charge < -0.3 is 18.9 Å². The summed E-state index contributed by atoms with van der Waals surface area (Å²) >= 11 is 0. The average molecular weight is 591 g/mol. The molecule has 0 saturated carbocycles. The Morgan fingerprint density at radius 1 is 0.705 bits per heavy atom. The molecule has 0 atom stereocenters. The third-order valence-corrected chi connectivity index (χ3v) is 6.93. The average Bonchev–Trinajstić information content (AvgIpc) is 3.04. The molecule has 0 bridgehead atoms. The summed E-state index contributed by atoms with van der Waals surface area (Å²) in [7, 11) is 1.50. The van der Waals surface area contributed by atoms with Crippen molar-refractivity contribution >= 4 is 11.9 Å². The Balaban J connectivity index is 1.58. The van der Waals surface area contributed by atoms with Crippen molar-refractivity contribution in [3.63, 3.8) is 0 Å². The van der Waals surface area contributed by atoms with E-state index in [1.54, 1.807) is 19.1 Å². The Morgan fingerprint density at radius 2 is 1.27 bits per heavy atom. The molecule has 0 aromatic heterocycles. The van der Waals surface area contributed by atoms with E-state index in [2.05, 4.69) is 74.7 Å². The van der Waals surface area contributed by atoms with E-state index in [9.17, 15) is 9.59 Å². The molecular weight excluding hydrogens is 552 g/mol. The van der Waals surface area contributed by atoms with Gasteiger partial charge in [0.25, 0.3) is 0 Å². The SMILES string of the molecule is C=C(C)C(=O)OCCOc1ccc(-c2ccc(OC(=O)C(=C)COC)cc2)cc1-c1ccc(-c2ccc(CCC)cc2)cc1. The van der Waals surface area contributed by atoms with Crippen LogP contribution in [0.4, 0.5) is 0 Å². The highest BCUT2D eigenvalue weighted by Gasteiger charge is 2.13. The first-order chi connectivity index (χ1) is 21.3. The molecule has 0 radical (unpaired) electrons. The Morgan fingerprint density at radius 3 is 1.89 bits per heavy atom. The molecule has 44 heavy (non-hydrogen) atoms. The summed E-state index contributed by atoms with van der Waals surface area (Å²) in [4.78, 5) is 24.0. The molecule has 0 amide bonds. The fourth-order valence-electron chi connectivity index (χ4n) is 4.59. The summed E-state index contributed by atoms with van der Waals surface area (Å²) < 4.78 is 21.7. The molecule has 0 heterocycles. The van der Waals surface area contributed by atoms with Crippen LogP contribution < -0.4 is 9.47 Å². The van der Waals surface area contributed by atoms with Gasteiger partial charge in [-0.1, -0.05) is 93.2 Å². The van der Waals surface area contributed by atoms with Crippen molar-refractivity contribution in [2.24, 2.45) is 0 Å². The number of rotatable bonds is 14. The molecule has 4 aromatic carbocycles. The van der Waals surface area contributed by atoms with Crippen molar-refractivity contribution in [2.75, 3.05) is 26.9 Å². The summed E-state index contributed by atoms with van der Waals surface area (Å²) in [6.07, 6.45) is 2.19. The van der Waals surface area contributed by atoms with Crippen LogP contribution in [0.2, 0.25) is 0 Å². The minimum atomic E-state index is -0.530. The lowest BCUT2D eigenvalue weighted by Crippen LogP contribution is -2.13. The van der Waals surface area contributed by atoms with Crippen LogP contribution in [0.15, 0.2) is 115 Å². The molecule has 0 aliphatic heterocycles. The zero-order valence-corrected chi connectivity index (χ0v) is 25.6.